The van der Waals surface area contributed by atoms with Crippen LogP contribution in [-0.2, 0) is 0 Å². The minimum atomic E-state index is -0.0484. The molecule has 4 aromatic rings. The number of aromatic nitrogens is 2. The van der Waals surface area contributed by atoms with Crippen molar-refractivity contribution in [3.63, 3.8) is 0 Å². The van der Waals surface area contributed by atoms with E-state index in [-0.39, 0.29) is 5.78 Å². The molecule has 0 saturated heterocycles. The molecule has 0 atom stereocenters. The highest BCUT2D eigenvalue weighted by atomic mass is 79.9. The number of hydrogen-bond acceptors (Lipinski definition) is 2. The van der Waals surface area contributed by atoms with Crippen LogP contribution >= 0.6 is 15.9 Å². The highest BCUT2D eigenvalue weighted by molar-refractivity contribution is 9.10. The Morgan fingerprint density at radius 1 is 0.893 bits per heavy atom. The SMILES string of the molecule is O=C(/C=C/c1cn(-c2ccccc2)nc1-c1ccccc1)c1cccc(Br)c1. The Bertz CT molecular complexity index is 1130. The lowest BCUT2D eigenvalue weighted by molar-refractivity contribution is 0.104. The molecule has 136 valence electrons. The number of carbonyl (C=O) groups excluding carboxylic acids is 1. The molecule has 3 nitrogen and oxygen atoms in total. The van der Waals surface area contributed by atoms with Gasteiger partial charge in [0.05, 0.1) is 11.4 Å². The highest BCUT2D eigenvalue weighted by Gasteiger charge is 2.11. The summed E-state index contributed by atoms with van der Waals surface area (Å²) in [7, 11) is 0. The molecule has 0 bridgehead atoms. The molecule has 0 N–H and O–H groups in total. The van der Waals surface area contributed by atoms with Gasteiger partial charge in [0.25, 0.3) is 0 Å². The van der Waals surface area contributed by atoms with Gasteiger partial charge in [-0.15, -0.1) is 0 Å². The summed E-state index contributed by atoms with van der Waals surface area (Å²) >= 11 is 3.41. The number of allylic oxidation sites excluding steroid dienone is 1. The van der Waals surface area contributed by atoms with E-state index in [2.05, 4.69) is 15.9 Å². The fourth-order valence-corrected chi connectivity index (χ4v) is 3.35. The lowest BCUT2D eigenvalue weighted by Gasteiger charge is -2.00. The fourth-order valence-electron chi connectivity index (χ4n) is 2.95. The number of benzene rings is 3. The molecular weight excluding hydrogens is 412 g/mol. The van der Waals surface area contributed by atoms with E-state index in [1.165, 1.54) is 0 Å². The first kappa shape index (κ1) is 18.1. The van der Waals surface area contributed by atoms with E-state index >= 15 is 0 Å². The molecule has 0 aliphatic heterocycles. The molecule has 0 fully saturated rings. The van der Waals surface area contributed by atoms with Crippen molar-refractivity contribution in [3.05, 3.63) is 113 Å². The number of rotatable bonds is 5. The molecule has 0 spiro atoms. The minimum Gasteiger partial charge on any atom is -0.289 e. The Kier molecular flexibility index (Phi) is 5.31. The van der Waals surface area contributed by atoms with Crippen LogP contribution in [0.15, 0.2) is 102 Å². The molecule has 0 aliphatic rings. The maximum Gasteiger partial charge on any atom is 0.185 e. The molecule has 3 aromatic carbocycles. The van der Waals surface area contributed by atoms with Gasteiger partial charge >= 0.3 is 0 Å². The van der Waals surface area contributed by atoms with Crippen LogP contribution in [-0.4, -0.2) is 15.6 Å². The van der Waals surface area contributed by atoms with E-state index in [9.17, 15) is 4.79 Å². The molecule has 0 radical (unpaired) electrons. The topological polar surface area (TPSA) is 34.9 Å². The summed E-state index contributed by atoms with van der Waals surface area (Å²) in [6.45, 7) is 0. The highest BCUT2D eigenvalue weighted by Crippen LogP contribution is 2.25. The molecule has 4 heteroatoms. The van der Waals surface area contributed by atoms with Gasteiger partial charge in [0.2, 0.25) is 0 Å². The molecule has 1 heterocycles. The summed E-state index contributed by atoms with van der Waals surface area (Å²) < 4.78 is 2.72. The Balaban J connectivity index is 1.73. The second-order valence-corrected chi connectivity index (χ2v) is 7.20. The predicted octanol–water partition coefficient (Wildman–Crippen LogP) is 6.20. The second-order valence-electron chi connectivity index (χ2n) is 6.29. The van der Waals surface area contributed by atoms with E-state index in [4.69, 9.17) is 5.10 Å². The zero-order valence-corrected chi connectivity index (χ0v) is 16.6. The molecule has 0 amide bonds. The van der Waals surface area contributed by atoms with Crippen molar-refractivity contribution >= 4 is 27.8 Å². The van der Waals surface area contributed by atoms with Crippen LogP contribution in [0, 0.1) is 0 Å². The Hall–Kier alpha value is -3.24. The molecule has 0 aliphatic carbocycles. The summed E-state index contributed by atoms with van der Waals surface area (Å²) in [5.41, 5.74) is 4.34. The normalized spacial score (nSPS) is 11.0. The number of hydrogen-bond donors (Lipinski definition) is 0. The van der Waals surface area contributed by atoms with Gasteiger partial charge in [0.1, 0.15) is 0 Å². The fraction of sp³-hybridized carbons (Fsp3) is 0. The van der Waals surface area contributed by atoms with Gasteiger partial charge in [-0.3, -0.25) is 4.79 Å². The number of para-hydroxylation sites is 1. The summed E-state index contributed by atoms with van der Waals surface area (Å²) in [4.78, 5) is 12.6. The first-order valence-electron chi connectivity index (χ1n) is 8.89. The molecular formula is C24H17BrN2O. The molecule has 28 heavy (non-hydrogen) atoms. The third kappa shape index (κ3) is 4.02. The molecule has 4 rings (SSSR count). The number of nitrogens with zero attached hydrogens (tertiary/aromatic N) is 2. The summed E-state index contributed by atoms with van der Waals surface area (Å²) in [5.74, 6) is -0.0484. The van der Waals surface area contributed by atoms with Gasteiger partial charge in [0.15, 0.2) is 5.78 Å². The molecule has 1 aromatic heterocycles. The Morgan fingerprint density at radius 2 is 1.61 bits per heavy atom. The van der Waals surface area contributed by atoms with Crippen LogP contribution < -0.4 is 0 Å². The summed E-state index contributed by atoms with van der Waals surface area (Å²) in [6, 6.07) is 27.3. The average molecular weight is 429 g/mol. The largest absolute Gasteiger partial charge is 0.289 e. The monoisotopic (exact) mass is 428 g/mol. The standard InChI is InChI=1S/C24H17BrN2O/c25-21-11-7-10-19(16-21)23(28)15-14-20-17-27(22-12-5-2-6-13-22)26-24(20)18-8-3-1-4-9-18/h1-17H/b15-14+. The van der Waals surface area contributed by atoms with E-state index in [0.717, 1.165) is 27.0 Å². The second kappa shape index (κ2) is 8.19. The maximum atomic E-state index is 12.6. The zero-order chi connectivity index (χ0) is 19.3. The number of carbonyl (C=O) groups is 1. The quantitative estimate of drug-likeness (QED) is 0.280. The van der Waals surface area contributed by atoms with Gasteiger partial charge in [0, 0.05) is 27.4 Å². The van der Waals surface area contributed by atoms with Crippen molar-refractivity contribution in [3.8, 4) is 16.9 Å². The molecule has 0 unspecified atom stereocenters. The van der Waals surface area contributed by atoms with Gasteiger partial charge in [-0.1, -0.05) is 76.6 Å². The summed E-state index contributed by atoms with van der Waals surface area (Å²) in [6.07, 6.45) is 5.38. The Morgan fingerprint density at radius 3 is 2.32 bits per heavy atom. The molecule has 0 saturated carbocycles. The minimum absolute atomic E-state index is 0.0484. The predicted molar refractivity (Wildman–Crippen MR) is 117 cm³/mol. The van der Waals surface area contributed by atoms with E-state index in [1.54, 1.807) is 6.08 Å². The Labute approximate surface area is 172 Å². The first-order valence-corrected chi connectivity index (χ1v) is 9.68. The number of halogens is 1. The van der Waals surface area contributed by atoms with Crippen molar-refractivity contribution in [1.29, 1.82) is 0 Å². The lowest BCUT2D eigenvalue weighted by Crippen LogP contribution is -1.93. The maximum absolute atomic E-state index is 12.6. The van der Waals surface area contributed by atoms with Gasteiger partial charge in [-0.2, -0.15) is 5.10 Å². The van der Waals surface area contributed by atoms with Crippen molar-refractivity contribution in [2.24, 2.45) is 0 Å². The smallest absolute Gasteiger partial charge is 0.185 e. The third-order valence-electron chi connectivity index (χ3n) is 4.33. The van der Waals surface area contributed by atoms with Crippen LogP contribution in [0.2, 0.25) is 0 Å². The van der Waals surface area contributed by atoms with Crippen LogP contribution in [0.4, 0.5) is 0 Å². The first-order chi connectivity index (χ1) is 13.7. The third-order valence-corrected chi connectivity index (χ3v) is 4.83. The van der Waals surface area contributed by atoms with Crippen LogP contribution in [0.25, 0.3) is 23.0 Å². The van der Waals surface area contributed by atoms with Gasteiger partial charge in [-0.25, -0.2) is 4.68 Å². The van der Waals surface area contributed by atoms with Crippen LogP contribution in [0.1, 0.15) is 15.9 Å². The van der Waals surface area contributed by atoms with Crippen molar-refractivity contribution in [2.75, 3.05) is 0 Å². The van der Waals surface area contributed by atoms with E-state index in [1.807, 2.05) is 102 Å². The lowest BCUT2D eigenvalue weighted by atomic mass is 10.1. The van der Waals surface area contributed by atoms with Crippen molar-refractivity contribution < 1.29 is 4.79 Å². The van der Waals surface area contributed by atoms with Crippen molar-refractivity contribution in [2.45, 2.75) is 0 Å². The zero-order valence-electron chi connectivity index (χ0n) is 15.0. The van der Waals surface area contributed by atoms with Crippen LogP contribution in [0.3, 0.4) is 0 Å². The average Bonchev–Trinajstić information content (AvgIpc) is 3.17. The number of ketones is 1. The van der Waals surface area contributed by atoms with Gasteiger partial charge < -0.3 is 0 Å². The summed E-state index contributed by atoms with van der Waals surface area (Å²) in [5, 5.41) is 4.76. The van der Waals surface area contributed by atoms with E-state index in [0.29, 0.717) is 5.56 Å². The van der Waals surface area contributed by atoms with Crippen LogP contribution in [0.5, 0.6) is 0 Å². The van der Waals surface area contributed by atoms with Gasteiger partial charge in [-0.05, 0) is 36.4 Å². The van der Waals surface area contributed by atoms with E-state index < -0.39 is 0 Å². The van der Waals surface area contributed by atoms with Crippen molar-refractivity contribution in [1.82, 2.24) is 9.78 Å².